The Morgan fingerprint density at radius 2 is 1.74 bits per heavy atom. The van der Waals surface area contributed by atoms with Crippen LogP contribution in [0, 0.1) is 0 Å². The molecule has 0 unspecified atom stereocenters. The van der Waals surface area contributed by atoms with Crippen LogP contribution in [0.25, 0.3) is 16.7 Å². The van der Waals surface area contributed by atoms with E-state index in [1.165, 1.54) is 12.1 Å². The molecule has 0 N–H and O–H groups in total. The van der Waals surface area contributed by atoms with Crippen molar-refractivity contribution in [3.05, 3.63) is 35.7 Å². The highest BCUT2D eigenvalue weighted by atomic mass is 19.3. The summed E-state index contributed by atoms with van der Waals surface area (Å²) in [5.41, 5.74) is 3.01. The lowest BCUT2D eigenvalue weighted by atomic mass is 9.82. The predicted molar refractivity (Wildman–Crippen MR) is 157 cm³/mol. The molecular formula is C31H39F2N5O5. The quantitative estimate of drug-likeness (QED) is 0.340. The number of alkyl halides is 2. The van der Waals surface area contributed by atoms with Crippen molar-refractivity contribution in [2.45, 2.75) is 71.1 Å². The average Bonchev–Trinajstić information content (AvgIpc) is 3.53. The van der Waals surface area contributed by atoms with Crippen molar-refractivity contribution in [2.75, 3.05) is 50.9 Å². The Morgan fingerprint density at radius 1 is 1.02 bits per heavy atom. The fourth-order valence-electron chi connectivity index (χ4n) is 6.31. The van der Waals surface area contributed by atoms with Crippen molar-refractivity contribution in [1.29, 1.82) is 0 Å². The molecule has 0 radical (unpaired) electrons. The number of ether oxygens (including phenoxy) is 4. The molecule has 2 aromatic heterocycles. The minimum atomic E-state index is -3.72. The Labute approximate surface area is 249 Å². The fraction of sp³-hybridized carbons (Fsp3) is 0.581. The van der Waals surface area contributed by atoms with E-state index < -0.39 is 12.3 Å². The monoisotopic (exact) mass is 599 g/mol. The topological polar surface area (TPSA) is 91.2 Å². The number of rotatable bonds is 6. The van der Waals surface area contributed by atoms with Crippen LogP contribution in [-0.2, 0) is 9.47 Å². The van der Waals surface area contributed by atoms with Crippen LogP contribution in [0.2, 0.25) is 0 Å². The number of halogens is 2. The molecule has 1 aliphatic carbocycles. The Balaban J connectivity index is 0.00000161. The van der Waals surface area contributed by atoms with Crippen molar-refractivity contribution in [3.8, 4) is 17.2 Å². The predicted octanol–water partition coefficient (Wildman–Crippen LogP) is 5.51. The first-order valence-corrected chi connectivity index (χ1v) is 15.5. The maximum absolute atomic E-state index is 13.8. The molecule has 1 aromatic carbocycles. The highest BCUT2D eigenvalue weighted by Crippen LogP contribution is 2.45. The number of esters is 1. The molecular weight excluding hydrogens is 560 g/mol. The summed E-state index contributed by atoms with van der Waals surface area (Å²) in [4.78, 5) is 22.6. The van der Waals surface area contributed by atoms with Crippen LogP contribution in [0.1, 0.15) is 75.0 Å². The Morgan fingerprint density at radius 3 is 2.42 bits per heavy atom. The van der Waals surface area contributed by atoms with Crippen LogP contribution in [0.4, 0.5) is 14.5 Å². The lowest BCUT2D eigenvalue weighted by molar-refractivity contribution is -0.286. The van der Waals surface area contributed by atoms with Crippen LogP contribution in [0.5, 0.6) is 11.5 Å². The standard InChI is InChI=1S/C29H33F2N5O5.C2H6/c1-2-39-28(37)21-17-22(35-10-8-19(9-11-35)34-12-14-38-15-13-34)25-26(18-4-3-5-18)33-36(27(25)32-21)20-6-7-23-24(16-20)41-29(30,31)40-23;1-2/h6-7,16-19H,2-5,8-15H2,1H3;1-2H3. The molecule has 5 heterocycles. The van der Waals surface area contributed by atoms with Gasteiger partial charge >= 0.3 is 12.3 Å². The second kappa shape index (κ2) is 12.2. The molecule has 2 saturated heterocycles. The number of morpholine rings is 1. The first-order valence-electron chi connectivity index (χ1n) is 15.5. The van der Waals surface area contributed by atoms with Crippen LogP contribution >= 0.6 is 0 Å². The third kappa shape index (κ3) is 5.74. The molecule has 0 spiro atoms. The van der Waals surface area contributed by atoms with Gasteiger partial charge in [-0.2, -0.15) is 5.10 Å². The Kier molecular flexibility index (Phi) is 8.41. The number of fused-ring (bicyclic) bond motifs is 2. The van der Waals surface area contributed by atoms with Gasteiger partial charge in [0.15, 0.2) is 22.8 Å². The largest absolute Gasteiger partial charge is 0.586 e. The molecule has 10 nitrogen and oxygen atoms in total. The van der Waals surface area contributed by atoms with E-state index in [1.54, 1.807) is 17.7 Å². The molecule has 232 valence electrons. The summed E-state index contributed by atoms with van der Waals surface area (Å²) in [5.74, 6) is -0.370. The summed E-state index contributed by atoms with van der Waals surface area (Å²) < 4.78 is 49.4. The number of benzene rings is 1. The summed E-state index contributed by atoms with van der Waals surface area (Å²) in [6, 6.07) is 6.89. The molecule has 4 aliphatic rings. The van der Waals surface area contributed by atoms with Gasteiger partial charge in [-0.3, -0.25) is 4.90 Å². The highest BCUT2D eigenvalue weighted by molar-refractivity contribution is 5.99. The van der Waals surface area contributed by atoms with Crippen LogP contribution < -0.4 is 14.4 Å². The van der Waals surface area contributed by atoms with E-state index in [1.807, 2.05) is 19.9 Å². The molecule has 3 aliphatic heterocycles. The third-order valence-corrected chi connectivity index (χ3v) is 8.62. The first-order chi connectivity index (χ1) is 20.9. The van der Waals surface area contributed by atoms with Crippen molar-refractivity contribution in [2.24, 2.45) is 0 Å². The zero-order chi connectivity index (χ0) is 30.1. The molecule has 7 rings (SSSR count). The van der Waals surface area contributed by atoms with Gasteiger partial charge in [-0.25, -0.2) is 14.5 Å². The fourth-order valence-corrected chi connectivity index (χ4v) is 6.31. The second-order valence-electron chi connectivity index (χ2n) is 11.0. The van der Waals surface area contributed by atoms with E-state index >= 15 is 0 Å². The number of nitrogens with zero attached hydrogens (tertiary/aromatic N) is 5. The summed E-state index contributed by atoms with van der Waals surface area (Å²) in [5, 5.41) is 5.90. The normalized spacial score (nSPS) is 20.4. The lowest BCUT2D eigenvalue weighted by Crippen LogP contribution is -2.49. The van der Waals surface area contributed by atoms with Gasteiger partial charge in [0.1, 0.15) is 0 Å². The molecule has 0 bridgehead atoms. The Hall–Kier alpha value is -3.51. The van der Waals surface area contributed by atoms with Crippen molar-refractivity contribution in [3.63, 3.8) is 0 Å². The third-order valence-electron chi connectivity index (χ3n) is 8.62. The molecule has 43 heavy (non-hydrogen) atoms. The molecule has 3 aromatic rings. The number of hydrogen-bond donors (Lipinski definition) is 0. The maximum atomic E-state index is 13.8. The molecule has 12 heteroatoms. The number of carbonyl (C=O) groups is 1. The van der Waals surface area contributed by atoms with E-state index in [9.17, 15) is 13.6 Å². The number of pyridine rings is 1. The van der Waals surface area contributed by atoms with Crippen LogP contribution in [0.15, 0.2) is 24.3 Å². The number of carbonyl (C=O) groups excluding carboxylic acids is 1. The van der Waals surface area contributed by atoms with E-state index in [0.717, 1.165) is 88.3 Å². The van der Waals surface area contributed by atoms with Gasteiger partial charge in [0, 0.05) is 44.2 Å². The number of piperidine rings is 1. The number of hydrogen-bond acceptors (Lipinski definition) is 9. The van der Waals surface area contributed by atoms with Crippen molar-refractivity contribution >= 4 is 22.7 Å². The zero-order valence-electron chi connectivity index (χ0n) is 25.0. The van der Waals surface area contributed by atoms with Gasteiger partial charge < -0.3 is 23.8 Å². The lowest BCUT2D eigenvalue weighted by Gasteiger charge is -2.41. The number of anilines is 1. The van der Waals surface area contributed by atoms with Gasteiger partial charge in [0.05, 0.1) is 42.3 Å². The van der Waals surface area contributed by atoms with E-state index in [4.69, 9.17) is 24.3 Å². The smallest absolute Gasteiger partial charge is 0.461 e. The average molecular weight is 600 g/mol. The van der Waals surface area contributed by atoms with Crippen molar-refractivity contribution in [1.82, 2.24) is 19.7 Å². The van der Waals surface area contributed by atoms with Crippen LogP contribution in [0.3, 0.4) is 0 Å². The minimum absolute atomic E-state index is 0.0431. The van der Waals surface area contributed by atoms with Crippen molar-refractivity contribution < 1.29 is 32.5 Å². The summed E-state index contributed by atoms with van der Waals surface area (Å²) in [6.07, 6.45) is 1.42. The van der Waals surface area contributed by atoms with Gasteiger partial charge in [-0.05, 0) is 50.8 Å². The van der Waals surface area contributed by atoms with E-state index in [0.29, 0.717) is 17.4 Å². The molecule has 0 amide bonds. The zero-order valence-corrected chi connectivity index (χ0v) is 25.0. The summed E-state index contributed by atoms with van der Waals surface area (Å²) in [6.45, 7) is 11.1. The summed E-state index contributed by atoms with van der Waals surface area (Å²) >= 11 is 0. The maximum Gasteiger partial charge on any atom is 0.586 e. The SMILES string of the molecule is CC.CCOC(=O)c1cc(N2CCC(N3CCOCC3)CC2)c2c(C3CCC3)nn(-c3ccc4c(c3)OC(F)(F)O4)c2n1. The van der Waals surface area contributed by atoms with Gasteiger partial charge in [-0.1, -0.05) is 20.3 Å². The van der Waals surface area contributed by atoms with Crippen LogP contribution in [-0.4, -0.2) is 84.0 Å². The highest BCUT2D eigenvalue weighted by Gasteiger charge is 2.43. The second-order valence-corrected chi connectivity index (χ2v) is 11.0. The van der Waals surface area contributed by atoms with Gasteiger partial charge in [0.25, 0.3) is 0 Å². The number of aromatic nitrogens is 3. The van der Waals surface area contributed by atoms with E-state index in [2.05, 4.69) is 14.5 Å². The first kappa shape index (κ1) is 29.6. The van der Waals surface area contributed by atoms with Gasteiger partial charge in [0.2, 0.25) is 0 Å². The van der Waals surface area contributed by atoms with E-state index in [-0.39, 0.29) is 29.7 Å². The molecule has 3 fully saturated rings. The molecule has 0 atom stereocenters. The molecule has 1 saturated carbocycles. The summed E-state index contributed by atoms with van der Waals surface area (Å²) in [7, 11) is 0. The Bertz CT molecular complexity index is 1460. The minimum Gasteiger partial charge on any atom is -0.461 e. The van der Waals surface area contributed by atoms with Gasteiger partial charge in [-0.15, -0.1) is 8.78 Å².